The molecule has 1 atom stereocenters. The van der Waals surface area contributed by atoms with Crippen molar-refractivity contribution >= 4 is 29.3 Å². The largest absolute Gasteiger partial charge is 0.465 e. The van der Waals surface area contributed by atoms with Crippen LogP contribution in [0.25, 0.3) is 0 Å². The van der Waals surface area contributed by atoms with Gasteiger partial charge in [0.15, 0.2) is 0 Å². The minimum Gasteiger partial charge on any atom is -0.465 e. The molecule has 126 valence electrons. The van der Waals surface area contributed by atoms with E-state index in [2.05, 4.69) is 17.0 Å². The number of anilines is 1. The molecule has 0 N–H and O–H groups in total. The molecule has 1 aliphatic rings. The first-order valence-corrected chi connectivity index (χ1v) is 9.02. The first-order chi connectivity index (χ1) is 11.1. The molecule has 1 fully saturated rings. The van der Waals surface area contributed by atoms with E-state index < -0.39 is 0 Å². The molecular weight excluding hydrogens is 312 g/mol. The van der Waals surface area contributed by atoms with Crippen molar-refractivity contribution in [2.45, 2.75) is 19.1 Å². The van der Waals surface area contributed by atoms with Gasteiger partial charge >= 0.3 is 5.97 Å². The first kappa shape index (κ1) is 17.7. The molecule has 0 bridgehead atoms. The zero-order valence-corrected chi connectivity index (χ0v) is 14.6. The van der Waals surface area contributed by atoms with Crippen LogP contribution in [0, 0.1) is 0 Å². The molecule has 5 nitrogen and oxygen atoms in total. The Morgan fingerprint density at radius 3 is 2.43 bits per heavy atom. The van der Waals surface area contributed by atoms with Crippen molar-refractivity contribution < 1.29 is 14.3 Å². The number of ether oxygens (including phenoxy) is 1. The third-order valence-corrected chi connectivity index (χ3v) is 4.92. The van der Waals surface area contributed by atoms with E-state index in [0.29, 0.717) is 6.61 Å². The number of thioether (sulfide) groups is 1. The van der Waals surface area contributed by atoms with Gasteiger partial charge in [0.2, 0.25) is 5.91 Å². The first-order valence-electron chi connectivity index (χ1n) is 7.97. The minimum atomic E-state index is -0.258. The lowest BCUT2D eigenvalue weighted by Crippen LogP contribution is -2.50. The molecule has 1 unspecified atom stereocenters. The van der Waals surface area contributed by atoms with E-state index in [1.54, 1.807) is 6.92 Å². The third kappa shape index (κ3) is 5.16. The summed E-state index contributed by atoms with van der Waals surface area (Å²) in [7, 11) is 0. The SMILES string of the molecule is CCOC(=O)CSC(C)C(=O)N1CCN(c2ccccc2)CC1. The Kier molecular flexibility index (Phi) is 6.77. The Morgan fingerprint density at radius 2 is 1.83 bits per heavy atom. The van der Waals surface area contributed by atoms with E-state index in [-0.39, 0.29) is 22.9 Å². The highest BCUT2D eigenvalue weighted by Gasteiger charge is 2.25. The lowest BCUT2D eigenvalue weighted by atomic mass is 10.2. The summed E-state index contributed by atoms with van der Waals surface area (Å²) in [4.78, 5) is 28.0. The fourth-order valence-electron chi connectivity index (χ4n) is 2.55. The average molecular weight is 336 g/mol. The van der Waals surface area contributed by atoms with Gasteiger partial charge in [0.05, 0.1) is 17.6 Å². The predicted molar refractivity (Wildman–Crippen MR) is 93.8 cm³/mol. The minimum absolute atomic E-state index is 0.104. The highest BCUT2D eigenvalue weighted by molar-refractivity contribution is 8.01. The van der Waals surface area contributed by atoms with Gasteiger partial charge in [-0.05, 0) is 26.0 Å². The summed E-state index contributed by atoms with van der Waals surface area (Å²) in [5.74, 6) is 0.0723. The van der Waals surface area contributed by atoms with Crippen molar-refractivity contribution in [2.24, 2.45) is 0 Å². The van der Waals surface area contributed by atoms with Crippen molar-refractivity contribution in [1.82, 2.24) is 4.90 Å². The van der Waals surface area contributed by atoms with Crippen LogP contribution in [0.3, 0.4) is 0 Å². The number of benzene rings is 1. The lowest BCUT2D eigenvalue weighted by Gasteiger charge is -2.37. The summed E-state index contributed by atoms with van der Waals surface area (Å²) in [5, 5.41) is -0.220. The summed E-state index contributed by atoms with van der Waals surface area (Å²) in [6.07, 6.45) is 0. The van der Waals surface area contributed by atoms with Gasteiger partial charge in [-0.15, -0.1) is 11.8 Å². The number of nitrogens with zero attached hydrogens (tertiary/aromatic N) is 2. The Morgan fingerprint density at radius 1 is 1.17 bits per heavy atom. The molecule has 1 aliphatic heterocycles. The van der Waals surface area contributed by atoms with Gasteiger partial charge in [0.25, 0.3) is 0 Å². The summed E-state index contributed by atoms with van der Waals surface area (Å²) < 4.78 is 4.89. The summed E-state index contributed by atoms with van der Waals surface area (Å²) in [6, 6.07) is 10.2. The molecule has 0 saturated carbocycles. The molecule has 2 rings (SSSR count). The fraction of sp³-hybridized carbons (Fsp3) is 0.529. The van der Waals surface area contributed by atoms with E-state index in [4.69, 9.17) is 4.74 Å². The molecule has 1 saturated heterocycles. The van der Waals surface area contributed by atoms with Crippen molar-refractivity contribution in [3.8, 4) is 0 Å². The molecule has 0 radical (unpaired) electrons. The normalized spacial score (nSPS) is 16.1. The number of hydrogen-bond donors (Lipinski definition) is 0. The molecule has 1 aromatic rings. The molecule has 0 aromatic heterocycles. The number of carbonyl (C=O) groups excluding carboxylic acids is 2. The quantitative estimate of drug-likeness (QED) is 0.744. The van der Waals surface area contributed by atoms with E-state index in [1.807, 2.05) is 30.0 Å². The van der Waals surface area contributed by atoms with Gasteiger partial charge in [-0.3, -0.25) is 9.59 Å². The van der Waals surface area contributed by atoms with Crippen LogP contribution in [0.4, 0.5) is 5.69 Å². The third-order valence-electron chi connectivity index (χ3n) is 3.82. The number of hydrogen-bond acceptors (Lipinski definition) is 5. The van der Waals surface area contributed by atoms with E-state index >= 15 is 0 Å². The number of para-hydroxylation sites is 1. The second-order valence-corrected chi connectivity index (χ2v) is 6.74. The van der Waals surface area contributed by atoms with Crippen LogP contribution in [0.2, 0.25) is 0 Å². The monoisotopic (exact) mass is 336 g/mol. The van der Waals surface area contributed by atoms with Crippen LogP contribution in [-0.4, -0.2) is 60.6 Å². The maximum Gasteiger partial charge on any atom is 0.315 e. The second kappa shape index (κ2) is 8.82. The van der Waals surface area contributed by atoms with Crippen molar-refractivity contribution in [3.63, 3.8) is 0 Å². The highest BCUT2D eigenvalue weighted by Crippen LogP contribution is 2.18. The van der Waals surface area contributed by atoms with E-state index in [1.165, 1.54) is 17.4 Å². The molecule has 1 amide bonds. The standard InChI is InChI=1S/C17H24N2O3S/c1-3-22-16(20)13-23-14(2)17(21)19-11-9-18(10-12-19)15-7-5-4-6-8-15/h4-8,14H,3,9-13H2,1-2H3. The molecule has 6 heteroatoms. The Balaban J connectivity index is 1.78. The van der Waals surface area contributed by atoms with Crippen LogP contribution in [0.1, 0.15) is 13.8 Å². The van der Waals surface area contributed by atoms with E-state index in [0.717, 1.165) is 26.2 Å². The summed E-state index contributed by atoms with van der Waals surface area (Å²) in [6.45, 7) is 7.13. The molecular formula is C17H24N2O3S. The van der Waals surface area contributed by atoms with Crippen LogP contribution in [0.5, 0.6) is 0 Å². The van der Waals surface area contributed by atoms with E-state index in [9.17, 15) is 9.59 Å². The van der Waals surface area contributed by atoms with Gasteiger partial charge in [-0.2, -0.15) is 0 Å². The van der Waals surface area contributed by atoms with Crippen molar-refractivity contribution in [2.75, 3.05) is 43.4 Å². The lowest BCUT2D eigenvalue weighted by molar-refractivity contribution is -0.139. The number of piperazine rings is 1. The molecule has 23 heavy (non-hydrogen) atoms. The van der Waals surface area contributed by atoms with Gasteiger partial charge in [-0.1, -0.05) is 18.2 Å². The number of carbonyl (C=O) groups is 2. The summed E-state index contributed by atoms with van der Waals surface area (Å²) >= 11 is 1.34. The molecule has 0 aliphatic carbocycles. The second-order valence-electron chi connectivity index (χ2n) is 5.41. The van der Waals surface area contributed by atoms with Gasteiger partial charge in [-0.25, -0.2) is 0 Å². The van der Waals surface area contributed by atoms with Gasteiger partial charge in [0, 0.05) is 31.9 Å². The zero-order chi connectivity index (χ0) is 16.7. The van der Waals surface area contributed by atoms with Crippen molar-refractivity contribution in [1.29, 1.82) is 0 Å². The van der Waals surface area contributed by atoms with Crippen molar-refractivity contribution in [3.05, 3.63) is 30.3 Å². The number of amides is 1. The predicted octanol–water partition coefficient (Wildman–Crippen LogP) is 2.02. The van der Waals surface area contributed by atoms with Crippen LogP contribution in [0.15, 0.2) is 30.3 Å². The number of esters is 1. The average Bonchev–Trinajstić information content (AvgIpc) is 2.60. The number of rotatable bonds is 6. The zero-order valence-electron chi connectivity index (χ0n) is 13.7. The fourth-order valence-corrected chi connectivity index (χ4v) is 3.31. The van der Waals surface area contributed by atoms with Gasteiger partial charge in [0.1, 0.15) is 0 Å². The molecule has 1 heterocycles. The Bertz CT molecular complexity index is 516. The maximum absolute atomic E-state index is 12.4. The topological polar surface area (TPSA) is 49.9 Å². The maximum atomic E-state index is 12.4. The van der Waals surface area contributed by atoms with Crippen LogP contribution in [-0.2, 0) is 14.3 Å². The van der Waals surface area contributed by atoms with Crippen LogP contribution >= 0.6 is 11.8 Å². The van der Waals surface area contributed by atoms with Crippen LogP contribution < -0.4 is 4.90 Å². The molecule has 0 spiro atoms. The highest BCUT2D eigenvalue weighted by atomic mass is 32.2. The van der Waals surface area contributed by atoms with Gasteiger partial charge < -0.3 is 14.5 Å². The smallest absolute Gasteiger partial charge is 0.315 e. The Hall–Kier alpha value is -1.69. The molecule has 1 aromatic carbocycles. The Labute approximate surface area is 142 Å². The summed E-state index contributed by atoms with van der Waals surface area (Å²) in [5.41, 5.74) is 1.20.